The van der Waals surface area contributed by atoms with Gasteiger partial charge in [-0.2, -0.15) is 0 Å². The average molecular weight is 280 g/mol. The maximum Gasteiger partial charge on any atom is 0.0674 e. The van der Waals surface area contributed by atoms with Crippen molar-refractivity contribution in [3.8, 4) is 11.8 Å². The Balaban J connectivity index is 1.88. The van der Waals surface area contributed by atoms with E-state index in [1.165, 1.54) is 43.2 Å². The van der Waals surface area contributed by atoms with Gasteiger partial charge in [-0.3, -0.25) is 0 Å². The predicted molar refractivity (Wildman–Crippen MR) is 87.1 cm³/mol. The van der Waals surface area contributed by atoms with Gasteiger partial charge >= 0.3 is 0 Å². The van der Waals surface area contributed by atoms with E-state index in [0.717, 1.165) is 12.0 Å². The summed E-state index contributed by atoms with van der Waals surface area (Å²) in [6, 6.07) is 8.45. The van der Waals surface area contributed by atoms with Crippen molar-refractivity contribution in [2.45, 2.75) is 51.6 Å². The van der Waals surface area contributed by atoms with Gasteiger partial charge < -0.3 is 4.74 Å². The van der Waals surface area contributed by atoms with Crippen molar-refractivity contribution in [3.05, 3.63) is 47.0 Å². The van der Waals surface area contributed by atoms with Crippen LogP contribution in [0.3, 0.4) is 0 Å². The molecule has 1 fully saturated rings. The van der Waals surface area contributed by atoms with E-state index in [-0.39, 0.29) is 5.41 Å². The number of rotatable bonds is 1. The van der Waals surface area contributed by atoms with E-state index in [4.69, 9.17) is 4.74 Å². The third kappa shape index (κ3) is 2.78. The molecule has 1 nitrogen and oxygen atoms in total. The van der Waals surface area contributed by atoms with Crippen molar-refractivity contribution >= 4 is 0 Å². The molecule has 1 aromatic rings. The van der Waals surface area contributed by atoms with Crippen LogP contribution >= 0.6 is 0 Å². The van der Waals surface area contributed by atoms with Crippen LogP contribution in [0.25, 0.3) is 0 Å². The minimum absolute atomic E-state index is 0.198. The molecule has 110 valence electrons. The summed E-state index contributed by atoms with van der Waals surface area (Å²) >= 11 is 0. The number of methoxy groups -OCH3 is 1. The summed E-state index contributed by atoms with van der Waals surface area (Å²) in [4.78, 5) is 0. The third-order valence-electron chi connectivity index (χ3n) is 5.07. The number of ether oxygens (including phenoxy) is 1. The Hall–Kier alpha value is -1.52. The minimum Gasteiger partial charge on any atom is -0.381 e. The number of hydrogen-bond acceptors (Lipinski definition) is 1. The number of allylic oxidation sites excluding steroid dienone is 1. The Morgan fingerprint density at radius 1 is 1.19 bits per heavy atom. The molecular weight excluding hydrogens is 256 g/mol. The van der Waals surface area contributed by atoms with Gasteiger partial charge in [-0.1, -0.05) is 42.9 Å². The molecule has 1 spiro atoms. The molecule has 0 heterocycles. The molecule has 0 saturated heterocycles. The largest absolute Gasteiger partial charge is 0.381 e. The van der Waals surface area contributed by atoms with E-state index in [9.17, 15) is 0 Å². The van der Waals surface area contributed by atoms with E-state index in [0.29, 0.717) is 6.10 Å². The lowest BCUT2D eigenvalue weighted by atomic mass is 9.67. The second-order valence-corrected chi connectivity index (χ2v) is 6.40. The Kier molecular flexibility index (Phi) is 4.17. The van der Waals surface area contributed by atoms with Crippen LogP contribution < -0.4 is 0 Å². The smallest absolute Gasteiger partial charge is 0.0674 e. The van der Waals surface area contributed by atoms with Crippen molar-refractivity contribution < 1.29 is 4.74 Å². The van der Waals surface area contributed by atoms with Crippen LogP contribution in [0.1, 0.15) is 49.7 Å². The van der Waals surface area contributed by atoms with Gasteiger partial charge in [0.25, 0.3) is 0 Å². The molecule has 21 heavy (non-hydrogen) atoms. The predicted octanol–water partition coefficient (Wildman–Crippen LogP) is 4.64. The summed E-state index contributed by atoms with van der Waals surface area (Å²) < 4.78 is 5.82. The molecule has 2 aliphatic carbocycles. The first-order valence-corrected chi connectivity index (χ1v) is 8.07. The SMILES string of the molecule is CO[C@@H]1CCCC[C@]12CCC=C2C#Cc1cccc(C)c1. The third-order valence-corrected chi connectivity index (χ3v) is 5.07. The van der Waals surface area contributed by atoms with Crippen LogP contribution in [0, 0.1) is 24.2 Å². The van der Waals surface area contributed by atoms with Gasteiger partial charge in [0.15, 0.2) is 0 Å². The normalized spacial score (nSPS) is 28.1. The monoisotopic (exact) mass is 280 g/mol. The number of aryl methyl sites for hydroxylation is 1. The molecule has 1 aromatic carbocycles. The van der Waals surface area contributed by atoms with Crippen LogP contribution in [-0.2, 0) is 4.74 Å². The summed E-state index contributed by atoms with van der Waals surface area (Å²) in [5.74, 6) is 6.85. The molecule has 2 atom stereocenters. The van der Waals surface area contributed by atoms with Gasteiger partial charge in [0.05, 0.1) is 6.10 Å². The molecule has 0 bridgehead atoms. The van der Waals surface area contributed by atoms with Gasteiger partial charge in [0, 0.05) is 23.7 Å². The number of hydrogen-bond donors (Lipinski definition) is 0. The summed E-state index contributed by atoms with van der Waals surface area (Å²) in [6.45, 7) is 2.11. The van der Waals surface area contributed by atoms with Crippen LogP contribution in [-0.4, -0.2) is 13.2 Å². The van der Waals surface area contributed by atoms with E-state index >= 15 is 0 Å². The Labute approximate surface area is 128 Å². The first-order valence-electron chi connectivity index (χ1n) is 8.07. The fraction of sp³-hybridized carbons (Fsp3) is 0.500. The summed E-state index contributed by atoms with van der Waals surface area (Å²) in [5.41, 5.74) is 3.91. The van der Waals surface area contributed by atoms with Crippen molar-refractivity contribution in [1.29, 1.82) is 0 Å². The highest BCUT2D eigenvalue weighted by molar-refractivity contribution is 5.46. The quantitative estimate of drug-likeness (QED) is 0.681. The second kappa shape index (κ2) is 6.08. The molecule has 0 amide bonds. The zero-order valence-corrected chi connectivity index (χ0v) is 13.1. The second-order valence-electron chi connectivity index (χ2n) is 6.40. The maximum atomic E-state index is 5.82. The van der Waals surface area contributed by atoms with Gasteiger partial charge in [-0.15, -0.1) is 0 Å². The first-order chi connectivity index (χ1) is 10.2. The Morgan fingerprint density at radius 2 is 2.10 bits per heavy atom. The van der Waals surface area contributed by atoms with Crippen LogP contribution in [0.5, 0.6) is 0 Å². The van der Waals surface area contributed by atoms with Crippen molar-refractivity contribution in [2.75, 3.05) is 7.11 Å². The lowest BCUT2D eigenvalue weighted by Gasteiger charge is -2.41. The van der Waals surface area contributed by atoms with Crippen molar-refractivity contribution in [1.82, 2.24) is 0 Å². The van der Waals surface area contributed by atoms with Crippen LogP contribution in [0.15, 0.2) is 35.9 Å². The fourth-order valence-corrected chi connectivity index (χ4v) is 3.99. The Morgan fingerprint density at radius 3 is 2.90 bits per heavy atom. The van der Waals surface area contributed by atoms with Crippen molar-refractivity contribution in [3.63, 3.8) is 0 Å². The average Bonchev–Trinajstić information content (AvgIpc) is 2.89. The molecule has 0 aromatic heterocycles. The zero-order valence-electron chi connectivity index (χ0n) is 13.1. The molecule has 3 rings (SSSR count). The van der Waals surface area contributed by atoms with Gasteiger partial charge in [-0.05, 0) is 50.3 Å². The summed E-state index contributed by atoms with van der Waals surface area (Å²) in [5, 5.41) is 0. The molecule has 2 aliphatic rings. The lowest BCUT2D eigenvalue weighted by molar-refractivity contribution is -0.0198. The van der Waals surface area contributed by atoms with E-state index in [1.54, 1.807) is 0 Å². The van der Waals surface area contributed by atoms with Crippen LogP contribution in [0.4, 0.5) is 0 Å². The highest BCUT2D eigenvalue weighted by Crippen LogP contribution is 2.50. The molecule has 0 radical (unpaired) electrons. The molecule has 1 heteroatoms. The molecule has 0 unspecified atom stereocenters. The number of benzene rings is 1. The topological polar surface area (TPSA) is 9.23 Å². The summed E-state index contributed by atoms with van der Waals surface area (Å²) in [6.07, 6.45) is 10.1. The fourth-order valence-electron chi connectivity index (χ4n) is 3.99. The van der Waals surface area contributed by atoms with Crippen LogP contribution in [0.2, 0.25) is 0 Å². The standard InChI is InChI=1S/C20H24O/c1-16-7-5-8-17(15-16)11-12-18-9-6-14-20(18)13-4-3-10-19(20)21-2/h5,7-9,15,19H,3-4,6,10,13-14H2,1-2H3/t19-,20-/m1/s1. The zero-order chi connectivity index (χ0) is 14.7. The van der Waals surface area contributed by atoms with E-state index < -0.39 is 0 Å². The molecule has 1 saturated carbocycles. The highest BCUT2D eigenvalue weighted by atomic mass is 16.5. The van der Waals surface area contributed by atoms with Gasteiger partial charge in [-0.25, -0.2) is 0 Å². The minimum atomic E-state index is 0.198. The molecule has 0 aliphatic heterocycles. The lowest BCUT2D eigenvalue weighted by Crippen LogP contribution is -2.39. The van der Waals surface area contributed by atoms with E-state index in [2.05, 4.69) is 49.1 Å². The molecular formula is C20H24O. The molecule has 0 N–H and O–H groups in total. The van der Waals surface area contributed by atoms with Crippen molar-refractivity contribution in [2.24, 2.45) is 5.41 Å². The van der Waals surface area contributed by atoms with Gasteiger partial charge in [0.1, 0.15) is 0 Å². The van der Waals surface area contributed by atoms with E-state index in [1.807, 2.05) is 7.11 Å². The highest BCUT2D eigenvalue weighted by Gasteiger charge is 2.45. The first kappa shape index (κ1) is 14.4. The Bertz CT molecular complexity index is 602. The van der Waals surface area contributed by atoms with Gasteiger partial charge in [0.2, 0.25) is 0 Å². The maximum absolute atomic E-state index is 5.82. The summed E-state index contributed by atoms with van der Waals surface area (Å²) in [7, 11) is 1.86.